The Labute approximate surface area is 98.8 Å². The van der Waals surface area contributed by atoms with E-state index in [2.05, 4.69) is 22.9 Å². The summed E-state index contributed by atoms with van der Waals surface area (Å²) in [7, 11) is 0. The lowest BCUT2D eigenvalue weighted by atomic mass is 10.0. The van der Waals surface area contributed by atoms with Crippen molar-refractivity contribution >= 4 is 27.5 Å². The molecule has 0 bridgehead atoms. The van der Waals surface area contributed by atoms with E-state index in [1.165, 1.54) is 6.42 Å². The van der Waals surface area contributed by atoms with E-state index in [0.29, 0.717) is 0 Å². The van der Waals surface area contributed by atoms with Crippen molar-refractivity contribution in [2.75, 3.05) is 0 Å². The second-order valence-electron chi connectivity index (χ2n) is 3.41. The SMILES string of the molecule is CCCC[C@H](N)c1cc(Br)ccc1Cl. The maximum atomic E-state index is 6.07. The van der Waals surface area contributed by atoms with Gasteiger partial charge in [0, 0.05) is 15.5 Å². The highest BCUT2D eigenvalue weighted by atomic mass is 79.9. The molecule has 0 saturated heterocycles. The normalized spacial score (nSPS) is 12.9. The lowest BCUT2D eigenvalue weighted by Crippen LogP contribution is -2.10. The highest BCUT2D eigenvalue weighted by molar-refractivity contribution is 9.10. The van der Waals surface area contributed by atoms with E-state index in [9.17, 15) is 0 Å². The third kappa shape index (κ3) is 3.26. The molecule has 0 radical (unpaired) electrons. The first-order chi connectivity index (χ1) is 6.65. The summed E-state index contributed by atoms with van der Waals surface area (Å²) >= 11 is 9.49. The van der Waals surface area contributed by atoms with Gasteiger partial charge >= 0.3 is 0 Å². The summed E-state index contributed by atoms with van der Waals surface area (Å²) in [5.41, 5.74) is 7.08. The summed E-state index contributed by atoms with van der Waals surface area (Å²) < 4.78 is 1.03. The van der Waals surface area contributed by atoms with Gasteiger partial charge in [-0.3, -0.25) is 0 Å². The summed E-state index contributed by atoms with van der Waals surface area (Å²) in [5, 5.41) is 0.761. The van der Waals surface area contributed by atoms with Crippen LogP contribution in [0.3, 0.4) is 0 Å². The quantitative estimate of drug-likeness (QED) is 0.872. The van der Waals surface area contributed by atoms with E-state index in [1.807, 2.05) is 18.2 Å². The smallest absolute Gasteiger partial charge is 0.0454 e. The average Bonchev–Trinajstić information content (AvgIpc) is 2.18. The van der Waals surface area contributed by atoms with Crippen molar-refractivity contribution in [1.82, 2.24) is 0 Å². The van der Waals surface area contributed by atoms with Gasteiger partial charge < -0.3 is 5.73 Å². The van der Waals surface area contributed by atoms with E-state index in [1.54, 1.807) is 0 Å². The zero-order chi connectivity index (χ0) is 10.6. The third-order valence-corrected chi connectivity index (χ3v) is 3.06. The standard InChI is InChI=1S/C11H15BrClN/c1-2-3-4-11(14)9-7-8(12)5-6-10(9)13/h5-7,11H,2-4,14H2,1H3/t11-/m0/s1. The van der Waals surface area contributed by atoms with E-state index in [0.717, 1.165) is 27.9 Å². The van der Waals surface area contributed by atoms with Crippen LogP contribution < -0.4 is 5.73 Å². The van der Waals surface area contributed by atoms with Crippen molar-refractivity contribution in [2.45, 2.75) is 32.2 Å². The lowest BCUT2D eigenvalue weighted by Gasteiger charge is -2.13. The van der Waals surface area contributed by atoms with Gasteiger partial charge in [-0.15, -0.1) is 0 Å². The molecule has 0 saturated carbocycles. The fraction of sp³-hybridized carbons (Fsp3) is 0.455. The Bertz CT molecular complexity index is 301. The minimum absolute atomic E-state index is 0.0555. The summed E-state index contributed by atoms with van der Waals surface area (Å²) in [6.45, 7) is 2.16. The number of hydrogen-bond donors (Lipinski definition) is 1. The van der Waals surface area contributed by atoms with Crippen LogP contribution in [-0.4, -0.2) is 0 Å². The fourth-order valence-electron chi connectivity index (χ4n) is 1.38. The van der Waals surface area contributed by atoms with E-state index in [-0.39, 0.29) is 6.04 Å². The maximum absolute atomic E-state index is 6.07. The second-order valence-corrected chi connectivity index (χ2v) is 4.74. The molecule has 0 unspecified atom stereocenters. The monoisotopic (exact) mass is 275 g/mol. The van der Waals surface area contributed by atoms with E-state index in [4.69, 9.17) is 17.3 Å². The highest BCUT2D eigenvalue weighted by Gasteiger charge is 2.09. The molecule has 0 aromatic heterocycles. The Morgan fingerprint density at radius 3 is 2.86 bits per heavy atom. The van der Waals surface area contributed by atoms with Crippen LogP contribution in [0.5, 0.6) is 0 Å². The first-order valence-corrected chi connectivity index (χ1v) is 6.02. The van der Waals surface area contributed by atoms with Gasteiger partial charge in [0.1, 0.15) is 0 Å². The van der Waals surface area contributed by atoms with Crippen LogP contribution >= 0.6 is 27.5 Å². The first kappa shape index (κ1) is 12.0. The van der Waals surface area contributed by atoms with Gasteiger partial charge in [0.15, 0.2) is 0 Å². The van der Waals surface area contributed by atoms with Crippen LogP contribution in [0.15, 0.2) is 22.7 Å². The molecule has 1 aromatic rings. The van der Waals surface area contributed by atoms with E-state index < -0.39 is 0 Å². The minimum atomic E-state index is 0.0555. The van der Waals surface area contributed by atoms with Crippen molar-refractivity contribution in [2.24, 2.45) is 5.73 Å². The molecule has 3 heteroatoms. The summed E-state index contributed by atoms with van der Waals surface area (Å²) in [6, 6.07) is 5.87. The van der Waals surface area contributed by atoms with Gasteiger partial charge in [0.2, 0.25) is 0 Å². The summed E-state index contributed by atoms with van der Waals surface area (Å²) in [4.78, 5) is 0. The number of nitrogens with two attached hydrogens (primary N) is 1. The Hall–Kier alpha value is -0.0500. The molecule has 0 aliphatic carbocycles. The van der Waals surface area contributed by atoms with Gasteiger partial charge in [-0.05, 0) is 30.2 Å². The molecular weight excluding hydrogens is 261 g/mol. The lowest BCUT2D eigenvalue weighted by molar-refractivity contribution is 0.603. The zero-order valence-electron chi connectivity index (χ0n) is 8.26. The molecule has 2 N–H and O–H groups in total. The van der Waals surface area contributed by atoms with Crippen molar-refractivity contribution in [3.8, 4) is 0 Å². The molecule has 0 heterocycles. The van der Waals surface area contributed by atoms with Crippen LogP contribution in [0.1, 0.15) is 37.8 Å². The van der Waals surface area contributed by atoms with Crippen LogP contribution in [0.2, 0.25) is 5.02 Å². The Balaban J connectivity index is 2.77. The van der Waals surface area contributed by atoms with Gasteiger partial charge in [0.25, 0.3) is 0 Å². The van der Waals surface area contributed by atoms with Crippen molar-refractivity contribution in [3.63, 3.8) is 0 Å². The molecule has 1 rings (SSSR count). The first-order valence-electron chi connectivity index (χ1n) is 4.85. The minimum Gasteiger partial charge on any atom is -0.324 e. The summed E-state index contributed by atoms with van der Waals surface area (Å²) in [6.07, 6.45) is 3.30. The molecule has 1 atom stereocenters. The Kier molecular flexibility index (Phi) is 4.93. The predicted molar refractivity (Wildman–Crippen MR) is 65.6 cm³/mol. The molecule has 0 amide bonds. The second kappa shape index (κ2) is 5.74. The predicted octanol–water partition coefficient (Wildman–Crippen LogP) is 4.29. The molecule has 0 spiro atoms. The largest absolute Gasteiger partial charge is 0.324 e. The van der Waals surface area contributed by atoms with Gasteiger partial charge in [-0.1, -0.05) is 47.3 Å². The number of unbranched alkanes of at least 4 members (excludes halogenated alkanes) is 1. The molecule has 14 heavy (non-hydrogen) atoms. The van der Waals surface area contributed by atoms with Gasteiger partial charge in [-0.25, -0.2) is 0 Å². The van der Waals surface area contributed by atoms with Crippen molar-refractivity contribution < 1.29 is 0 Å². The van der Waals surface area contributed by atoms with Crippen LogP contribution in [-0.2, 0) is 0 Å². The third-order valence-electron chi connectivity index (χ3n) is 2.23. The number of halogens is 2. The molecule has 0 aliphatic heterocycles. The number of benzene rings is 1. The van der Waals surface area contributed by atoms with Crippen molar-refractivity contribution in [3.05, 3.63) is 33.3 Å². The van der Waals surface area contributed by atoms with Crippen molar-refractivity contribution in [1.29, 1.82) is 0 Å². The molecular formula is C11H15BrClN. The zero-order valence-corrected chi connectivity index (χ0v) is 10.6. The fourth-order valence-corrected chi connectivity index (χ4v) is 2.01. The molecule has 0 aliphatic rings. The molecule has 1 aromatic carbocycles. The van der Waals surface area contributed by atoms with Gasteiger partial charge in [-0.2, -0.15) is 0 Å². The maximum Gasteiger partial charge on any atom is 0.0454 e. The van der Waals surface area contributed by atoms with Crippen LogP contribution in [0.4, 0.5) is 0 Å². The molecule has 1 nitrogen and oxygen atoms in total. The van der Waals surface area contributed by atoms with Crippen LogP contribution in [0.25, 0.3) is 0 Å². The summed E-state index contributed by atoms with van der Waals surface area (Å²) in [5.74, 6) is 0. The Morgan fingerprint density at radius 1 is 1.50 bits per heavy atom. The van der Waals surface area contributed by atoms with Gasteiger partial charge in [0.05, 0.1) is 0 Å². The molecule has 78 valence electrons. The number of hydrogen-bond acceptors (Lipinski definition) is 1. The van der Waals surface area contributed by atoms with Crippen LogP contribution in [0, 0.1) is 0 Å². The van der Waals surface area contributed by atoms with E-state index >= 15 is 0 Å². The Morgan fingerprint density at radius 2 is 2.21 bits per heavy atom. The number of rotatable bonds is 4. The molecule has 0 fully saturated rings. The average molecular weight is 277 g/mol. The highest BCUT2D eigenvalue weighted by Crippen LogP contribution is 2.27. The topological polar surface area (TPSA) is 26.0 Å².